The zero-order valence-corrected chi connectivity index (χ0v) is 10.2. The van der Waals surface area contributed by atoms with Crippen molar-refractivity contribution in [1.82, 2.24) is 5.01 Å². The fourth-order valence-corrected chi connectivity index (χ4v) is 1.20. The van der Waals surface area contributed by atoms with Gasteiger partial charge in [-0.25, -0.2) is 20.0 Å². The molecule has 1 aromatic rings. The van der Waals surface area contributed by atoms with Crippen LogP contribution in [0.15, 0.2) is 24.3 Å². The van der Waals surface area contributed by atoms with Gasteiger partial charge in [-0.05, 0) is 26.8 Å². The highest BCUT2D eigenvalue weighted by molar-refractivity contribution is 5.67. The SMILES string of the molecule is CC(C)(C)OC(=O)N(N)Cc1ccccc1F. The second-order valence-electron chi connectivity index (χ2n) is 4.70. The molecule has 0 atom stereocenters. The van der Waals surface area contributed by atoms with Crippen LogP contribution in [0.2, 0.25) is 0 Å². The van der Waals surface area contributed by atoms with Gasteiger partial charge in [-0.1, -0.05) is 18.2 Å². The van der Waals surface area contributed by atoms with Crippen molar-refractivity contribution in [2.75, 3.05) is 0 Å². The van der Waals surface area contributed by atoms with E-state index < -0.39 is 17.5 Å². The number of carbonyl (C=O) groups excluding carboxylic acids is 1. The smallest absolute Gasteiger partial charge is 0.424 e. The molecule has 4 nitrogen and oxygen atoms in total. The number of amides is 1. The Morgan fingerprint density at radius 2 is 2.00 bits per heavy atom. The van der Waals surface area contributed by atoms with Gasteiger partial charge >= 0.3 is 6.09 Å². The number of nitrogens with zero attached hydrogens (tertiary/aromatic N) is 1. The second kappa shape index (κ2) is 5.14. The highest BCUT2D eigenvalue weighted by Gasteiger charge is 2.20. The van der Waals surface area contributed by atoms with Crippen LogP contribution in [0, 0.1) is 5.82 Å². The molecule has 0 radical (unpaired) electrons. The molecule has 0 spiro atoms. The van der Waals surface area contributed by atoms with Crippen LogP contribution in [0.4, 0.5) is 9.18 Å². The van der Waals surface area contributed by atoms with E-state index in [-0.39, 0.29) is 6.54 Å². The Morgan fingerprint density at radius 1 is 1.41 bits per heavy atom. The van der Waals surface area contributed by atoms with Gasteiger partial charge in [-0.2, -0.15) is 0 Å². The Balaban J connectivity index is 2.64. The summed E-state index contributed by atoms with van der Waals surface area (Å²) < 4.78 is 18.4. The largest absolute Gasteiger partial charge is 0.443 e. The Bertz CT molecular complexity index is 402. The van der Waals surface area contributed by atoms with E-state index in [2.05, 4.69) is 0 Å². The van der Waals surface area contributed by atoms with E-state index in [9.17, 15) is 9.18 Å². The highest BCUT2D eigenvalue weighted by atomic mass is 19.1. The van der Waals surface area contributed by atoms with Crippen molar-refractivity contribution in [3.8, 4) is 0 Å². The minimum Gasteiger partial charge on any atom is -0.443 e. The minimum absolute atomic E-state index is 0.0262. The molecule has 0 fully saturated rings. The van der Waals surface area contributed by atoms with E-state index in [1.807, 2.05) is 0 Å². The van der Waals surface area contributed by atoms with Gasteiger partial charge < -0.3 is 4.74 Å². The van der Waals surface area contributed by atoms with E-state index in [1.54, 1.807) is 39.0 Å². The van der Waals surface area contributed by atoms with E-state index in [0.717, 1.165) is 5.01 Å². The van der Waals surface area contributed by atoms with Crippen molar-refractivity contribution < 1.29 is 13.9 Å². The lowest BCUT2D eigenvalue weighted by Gasteiger charge is -2.24. The lowest BCUT2D eigenvalue weighted by molar-refractivity contribution is 0.0230. The molecule has 5 heteroatoms. The first-order valence-corrected chi connectivity index (χ1v) is 5.28. The number of hydrogen-bond acceptors (Lipinski definition) is 3. The molecular weight excluding hydrogens is 223 g/mol. The number of rotatable bonds is 2. The second-order valence-corrected chi connectivity index (χ2v) is 4.70. The van der Waals surface area contributed by atoms with Gasteiger partial charge in [0, 0.05) is 5.56 Å². The Hall–Kier alpha value is -1.62. The molecule has 0 heterocycles. The van der Waals surface area contributed by atoms with Crippen LogP contribution in [0.5, 0.6) is 0 Å². The lowest BCUT2D eigenvalue weighted by Crippen LogP contribution is -2.41. The quantitative estimate of drug-likeness (QED) is 0.490. The van der Waals surface area contributed by atoms with Gasteiger partial charge in [0.1, 0.15) is 11.4 Å². The summed E-state index contributed by atoms with van der Waals surface area (Å²) in [6.07, 6.45) is -0.680. The molecule has 0 bridgehead atoms. The monoisotopic (exact) mass is 240 g/mol. The van der Waals surface area contributed by atoms with E-state index in [4.69, 9.17) is 10.6 Å². The molecule has 17 heavy (non-hydrogen) atoms. The Morgan fingerprint density at radius 3 is 2.53 bits per heavy atom. The number of ether oxygens (including phenoxy) is 1. The number of benzene rings is 1. The van der Waals surface area contributed by atoms with Crippen molar-refractivity contribution >= 4 is 6.09 Å². The maximum absolute atomic E-state index is 13.3. The lowest BCUT2D eigenvalue weighted by atomic mass is 10.2. The maximum atomic E-state index is 13.3. The van der Waals surface area contributed by atoms with E-state index >= 15 is 0 Å². The summed E-state index contributed by atoms with van der Waals surface area (Å²) in [5, 5.41) is 0.851. The zero-order valence-electron chi connectivity index (χ0n) is 10.2. The summed E-state index contributed by atoms with van der Waals surface area (Å²) in [7, 11) is 0. The predicted molar refractivity (Wildman–Crippen MR) is 62.4 cm³/mol. The molecule has 0 saturated carbocycles. The third kappa shape index (κ3) is 4.40. The predicted octanol–water partition coefficient (Wildman–Crippen LogP) is 2.44. The molecule has 1 amide bonds. The van der Waals surface area contributed by atoms with Gasteiger partial charge in [-0.15, -0.1) is 0 Å². The van der Waals surface area contributed by atoms with Crippen LogP contribution in [0.1, 0.15) is 26.3 Å². The van der Waals surface area contributed by atoms with Gasteiger partial charge in [-0.3, -0.25) is 0 Å². The molecule has 0 unspecified atom stereocenters. The third-order valence-corrected chi connectivity index (χ3v) is 1.93. The maximum Gasteiger partial charge on any atom is 0.424 e. The van der Waals surface area contributed by atoms with Crippen LogP contribution in [0.3, 0.4) is 0 Å². The summed E-state index contributed by atoms with van der Waals surface area (Å²) in [5.41, 5.74) is -0.273. The minimum atomic E-state index is -0.680. The fourth-order valence-electron chi connectivity index (χ4n) is 1.20. The van der Waals surface area contributed by atoms with Gasteiger partial charge in [0.25, 0.3) is 0 Å². The first-order chi connectivity index (χ1) is 7.79. The Kier molecular flexibility index (Phi) is 4.07. The van der Waals surface area contributed by atoms with Gasteiger partial charge in [0.05, 0.1) is 6.54 Å². The van der Waals surface area contributed by atoms with Crippen LogP contribution < -0.4 is 5.84 Å². The van der Waals surface area contributed by atoms with Crippen molar-refractivity contribution in [3.05, 3.63) is 35.6 Å². The number of nitrogens with two attached hydrogens (primary N) is 1. The summed E-state index contributed by atoms with van der Waals surface area (Å²) in [6.45, 7) is 5.19. The first-order valence-electron chi connectivity index (χ1n) is 5.28. The van der Waals surface area contributed by atoms with Crippen molar-refractivity contribution in [2.24, 2.45) is 5.84 Å². The molecule has 0 aliphatic heterocycles. The highest BCUT2D eigenvalue weighted by Crippen LogP contribution is 2.12. The van der Waals surface area contributed by atoms with Crippen molar-refractivity contribution in [2.45, 2.75) is 32.9 Å². The fraction of sp³-hybridized carbons (Fsp3) is 0.417. The number of carbonyl (C=O) groups is 1. The molecule has 0 aliphatic carbocycles. The molecule has 1 rings (SSSR count). The molecule has 1 aromatic carbocycles. The van der Waals surface area contributed by atoms with Crippen molar-refractivity contribution in [1.29, 1.82) is 0 Å². The molecule has 0 saturated heterocycles. The summed E-state index contributed by atoms with van der Waals surface area (Å²) in [6, 6.07) is 6.15. The van der Waals surface area contributed by atoms with Crippen LogP contribution in [0.25, 0.3) is 0 Å². The molecule has 0 aromatic heterocycles. The Labute approximate surface area is 100 Å². The standard InChI is InChI=1S/C12H17FN2O2/c1-12(2,3)17-11(16)15(14)8-9-6-4-5-7-10(9)13/h4-7H,8,14H2,1-3H3. The third-order valence-electron chi connectivity index (χ3n) is 1.93. The average Bonchev–Trinajstić information content (AvgIpc) is 2.18. The summed E-state index contributed by atoms with van der Waals surface area (Å²) in [5.74, 6) is 5.12. The molecular formula is C12H17FN2O2. The normalized spacial score (nSPS) is 11.1. The number of hydrazine groups is 1. The van der Waals surface area contributed by atoms with Gasteiger partial charge in [0.2, 0.25) is 0 Å². The molecule has 0 aliphatic rings. The summed E-state index contributed by atoms with van der Waals surface area (Å²) >= 11 is 0. The van der Waals surface area contributed by atoms with Crippen LogP contribution >= 0.6 is 0 Å². The number of hydrogen-bond donors (Lipinski definition) is 1. The first kappa shape index (κ1) is 13.4. The van der Waals surface area contributed by atoms with E-state index in [1.165, 1.54) is 6.07 Å². The van der Waals surface area contributed by atoms with Crippen molar-refractivity contribution in [3.63, 3.8) is 0 Å². The zero-order chi connectivity index (χ0) is 13.1. The van der Waals surface area contributed by atoms with Crippen LogP contribution in [-0.2, 0) is 11.3 Å². The molecule has 94 valence electrons. The van der Waals surface area contributed by atoms with E-state index in [0.29, 0.717) is 5.56 Å². The van der Waals surface area contributed by atoms with Crippen LogP contribution in [-0.4, -0.2) is 16.7 Å². The average molecular weight is 240 g/mol. The van der Waals surface area contributed by atoms with Gasteiger partial charge in [0.15, 0.2) is 0 Å². The molecule has 2 N–H and O–H groups in total. The number of halogens is 1. The summed E-state index contributed by atoms with van der Waals surface area (Å²) in [4.78, 5) is 11.5. The topological polar surface area (TPSA) is 55.6 Å².